The number of likely N-dealkylation sites (tertiary alicyclic amines) is 1. The molecule has 3 amide bonds. The van der Waals surface area contributed by atoms with E-state index in [1.165, 1.54) is 0 Å². The number of benzene rings is 2. The molecule has 11 nitrogen and oxygen atoms in total. The predicted octanol–water partition coefficient (Wildman–Crippen LogP) is 3.78. The van der Waals surface area contributed by atoms with Crippen molar-refractivity contribution < 1.29 is 24.2 Å². The van der Waals surface area contributed by atoms with Crippen molar-refractivity contribution >= 4 is 50.4 Å². The van der Waals surface area contributed by atoms with Crippen molar-refractivity contribution in [3.63, 3.8) is 0 Å². The van der Waals surface area contributed by atoms with Gasteiger partial charge in [0, 0.05) is 23.6 Å². The molecule has 47 heavy (non-hydrogen) atoms. The third kappa shape index (κ3) is 5.40. The Morgan fingerprint density at radius 3 is 2.51 bits per heavy atom. The van der Waals surface area contributed by atoms with Gasteiger partial charge in [-0.1, -0.05) is 83.9 Å². The summed E-state index contributed by atoms with van der Waals surface area (Å²) in [5.41, 5.74) is 0.829. The summed E-state index contributed by atoms with van der Waals surface area (Å²) in [6, 6.07) is 15.0. The second-order valence-electron chi connectivity index (χ2n) is 12.7. The molecule has 2 aromatic carbocycles. The fourth-order valence-corrected chi connectivity index (χ4v) is 8.71. The van der Waals surface area contributed by atoms with Gasteiger partial charge < -0.3 is 24.5 Å². The molecule has 3 aliphatic heterocycles. The molecular weight excluding hydrogens is 664 g/mol. The molecule has 1 spiro atoms. The van der Waals surface area contributed by atoms with Crippen LogP contribution in [0.4, 0.5) is 5.69 Å². The monoisotopic (exact) mass is 704 g/mol. The number of aliphatic hydroxyl groups excluding tert-OH is 1. The first-order valence-corrected chi connectivity index (χ1v) is 17.0. The Bertz CT molecular complexity index is 1670. The maximum absolute atomic E-state index is 15.0. The second-order valence-corrected chi connectivity index (χ2v) is 13.9. The summed E-state index contributed by atoms with van der Waals surface area (Å²) in [6.07, 6.45) is 3.67. The third-order valence-corrected chi connectivity index (χ3v) is 11.0. The molecule has 248 valence electrons. The van der Waals surface area contributed by atoms with Gasteiger partial charge in [-0.2, -0.15) is 0 Å². The predicted molar refractivity (Wildman–Crippen MR) is 181 cm³/mol. The van der Waals surface area contributed by atoms with E-state index < -0.39 is 35.6 Å². The summed E-state index contributed by atoms with van der Waals surface area (Å²) in [5, 5.41) is 19.3. The van der Waals surface area contributed by atoms with Crippen molar-refractivity contribution in [3.8, 4) is 0 Å². The van der Waals surface area contributed by atoms with Crippen LogP contribution in [-0.4, -0.2) is 95.9 Å². The van der Waals surface area contributed by atoms with E-state index in [0.29, 0.717) is 24.0 Å². The Balaban J connectivity index is 1.44. The van der Waals surface area contributed by atoms with E-state index in [1.54, 1.807) is 31.5 Å². The van der Waals surface area contributed by atoms with Crippen molar-refractivity contribution in [3.05, 3.63) is 79.9 Å². The highest BCUT2D eigenvalue weighted by atomic mass is 79.9. The van der Waals surface area contributed by atoms with Crippen LogP contribution in [0.15, 0.2) is 79.9 Å². The first kappa shape index (κ1) is 33.0. The Morgan fingerprint density at radius 1 is 1.13 bits per heavy atom. The lowest BCUT2D eigenvalue weighted by atomic mass is 9.70. The van der Waals surface area contributed by atoms with E-state index in [9.17, 15) is 19.5 Å². The van der Waals surface area contributed by atoms with E-state index in [-0.39, 0.29) is 54.8 Å². The number of aliphatic hydroxyl groups is 1. The van der Waals surface area contributed by atoms with Gasteiger partial charge >= 0.3 is 0 Å². The smallest absolute Gasteiger partial charge is 0.250 e. The lowest BCUT2D eigenvalue weighted by Crippen LogP contribution is -2.60. The first-order valence-electron chi connectivity index (χ1n) is 16.1. The number of carbonyl (C=O) groups is 3. The lowest BCUT2D eigenvalue weighted by molar-refractivity contribution is -0.153. The first-order chi connectivity index (χ1) is 22.7. The quantitative estimate of drug-likeness (QED) is 0.212. The van der Waals surface area contributed by atoms with E-state index in [2.05, 4.69) is 39.4 Å². The maximum Gasteiger partial charge on any atom is 0.250 e. The van der Waals surface area contributed by atoms with Gasteiger partial charge in [-0.05, 0) is 36.6 Å². The average Bonchev–Trinajstić information content (AvgIpc) is 3.81. The van der Waals surface area contributed by atoms with Crippen molar-refractivity contribution in [2.75, 3.05) is 24.6 Å². The highest BCUT2D eigenvalue weighted by Crippen LogP contribution is 2.61. The SMILES string of the molecule is C=CCN(Cn1nnc2ccccc21)C(=O)C1N([C@@H](CO)[C@@H](C)CC)C(=O)[C@@H]2[C@H](C(=O)N(CC=C)c3ccccc3)[C@H]3OC12CC3Br. The number of rotatable bonds is 13. The van der Waals surface area contributed by atoms with Crippen LogP contribution in [-0.2, 0) is 25.8 Å². The minimum absolute atomic E-state index is 0.0580. The molecule has 0 saturated carbocycles. The molecule has 3 unspecified atom stereocenters. The summed E-state index contributed by atoms with van der Waals surface area (Å²) >= 11 is 3.78. The van der Waals surface area contributed by atoms with Gasteiger partial charge in [-0.15, -0.1) is 18.3 Å². The molecule has 3 saturated heterocycles. The summed E-state index contributed by atoms with van der Waals surface area (Å²) < 4.78 is 8.44. The standard InChI is InChI=1S/C35H41BrN6O5/c1-5-17-39(21-41-26-16-12-11-15-25(26)37-38-41)34(46)31-35-19-24(36)30(47-35)28(29(35)33(45)42(31)27(20-43)22(4)7-3)32(44)40(18-6-2)23-13-9-8-10-14-23/h5-6,8-16,22,24,27-31,43H,1-2,7,17-21H2,3-4H3/t22-,24?,27-,28-,29-,30-,31?,35?/m0/s1. The number of alkyl halides is 1. The van der Waals surface area contributed by atoms with Gasteiger partial charge in [0.05, 0.1) is 36.1 Å². The molecule has 2 bridgehead atoms. The molecule has 3 aliphatic rings. The van der Waals surface area contributed by atoms with E-state index in [1.807, 2.05) is 68.4 Å². The Hall–Kier alpha value is -3.87. The van der Waals surface area contributed by atoms with E-state index >= 15 is 0 Å². The molecule has 3 fully saturated rings. The maximum atomic E-state index is 15.0. The zero-order chi connectivity index (χ0) is 33.5. The number of aromatic nitrogens is 3. The van der Waals surface area contributed by atoms with Crippen molar-refractivity contribution in [2.24, 2.45) is 17.8 Å². The summed E-state index contributed by atoms with van der Waals surface area (Å²) in [7, 11) is 0. The number of carbonyl (C=O) groups excluding carboxylic acids is 3. The van der Waals surface area contributed by atoms with Crippen molar-refractivity contribution in [2.45, 2.75) is 62.0 Å². The second kappa shape index (κ2) is 13.3. The van der Waals surface area contributed by atoms with Crippen molar-refractivity contribution in [1.82, 2.24) is 24.8 Å². The van der Waals surface area contributed by atoms with Crippen LogP contribution in [0.3, 0.4) is 0 Å². The van der Waals surface area contributed by atoms with Crippen LogP contribution in [0.5, 0.6) is 0 Å². The number of nitrogens with zero attached hydrogens (tertiary/aromatic N) is 6. The van der Waals surface area contributed by atoms with E-state index in [4.69, 9.17) is 4.74 Å². The Labute approximate surface area is 283 Å². The van der Waals surface area contributed by atoms with Crippen LogP contribution < -0.4 is 4.90 Å². The van der Waals surface area contributed by atoms with Crippen LogP contribution in [0.25, 0.3) is 11.0 Å². The molecule has 1 N–H and O–H groups in total. The van der Waals surface area contributed by atoms with Gasteiger partial charge in [0.15, 0.2) is 0 Å². The average molecular weight is 706 g/mol. The third-order valence-electron chi connectivity index (χ3n) is 10.1. The minimum Gasteiger partial charge on any atom is -0.394 e. The number of hydrogen-bond acceptors (Lipinski definition) is 7. The van der Waals surface area contributed by atoms with Crippen LogP contribution >= 0.6 is 15.9 Å². The molecular formula is C35H41BrN6O5. The van der Waals surface area contributed by atoms with Gasteiger partial charge in [0.25, 0.3) is 0 Å². The summed E-state index contributed by atoms with van der Waals surface area (Å²) in [5.74, 6) is -2.88. The number of hydrogen-bond donors (Lipinski definition) is 1. The normalized spacial score (nSPS) is 27.4. The largest absolute Gasteiger partial charge is 0.394 e. The molecule has 6 rings (SSSR count). The topological polar surface area (TPSA) is 121 Å². The number of anilines is 1. The highest BCUT2D eigenvalue weighted by molar-refractivity contribution is 9.09. The molecule has 12 heteroatoms. The number of halogens is 1. The lowest BCUT2D eigenvalue weighted by Gasteiger charge is -2.40. The summed E-state index contributed by atoms with van der Waals surface area (Å²) in [4.78, 5) is 48.9. The molecule has 4 heterocycles. The zero-order valence-electron chi connectivity index (χ0n) is 26.7. The van der Waals surface area contributed by atoms with Crippen LogP contribution in [0.2, 0.25) is 0 Å². The van der Waals surface area contributed by atoms with E-state index in [0.717, 1.165) is 5.52 Å². The van der Waals surface area contributed by atoms with Gasteiger partial charge in [-0.3, -0.25) is 14.4 Å². The number of fused-ring (bicyclic) bond motifs is 2. The number of ether oxygens (including phenoxy) is 1. The van der Waals surface area contributed by atoms with Crippen molar-refractivity contribution in [1.29, 1.82) is 0 Å². The number of para-hydroxylation sites is 2. The van der Waals surface area contributed by atoms with Gasteiger partial charge in [0.1, 0.15) is 23.8 Å². The Morgan fingerprint density at radius 2 is 1.83 bits per heavy atom. The number of amides is 3. The molecule has 8 atom stereocenters. The van der Waals surface area contributed by atoms with Gasteiger partial charge in [-0.25, -0.2) is 4.68 Å². The summed E-state index contributed by atoms with van der Waals surface area (Å²) in [6.45, 7) is 11.8. The van der Waals surface area contributed by atoms with Crippen LogP contribution in [0.1, 0.15) is 26.7 Å². The fourth-order valence-electron chi connectivity index (χ4n) is 7.77. The van der Waals surface area contributed by atoms with Crippen LogP contribution in [0, 0.1) is 17.8 Å². The fraction of sp³-hybridized carbons (Fsp3) is 0.457. The molecule has 3 aromatic rings. The minimum atomic E-state index is -1.30. The van der Waals surface area contributed by atoms with Gasteiger partial charge in [0.2, 0.25) is 17.7 Å². The molecule has 1 aromatic heterocycles. The molecule has 0 radical (unpaired) electrons. The Kier molecular flexibility index (Phi) is 9.37. The zero-order valence-corrected chi connectivity index (χ0v) is 28.3. The molecule has 0 aliphatic carbocycles. The highest BCUT2D eigenvalue weighted by Gasteiger charge is 2.77.